The number of carbonyl (C=O) groups is 4. The fourth-order valence-corrected chi connectivity index (χ4v) is 11.1. The molecule has 6 aliphatic rings. The second-order valence-corrected chi connectivity index (χ2v) is 16.6. The minimum absolute atomic E-state index is 0.0421. The lowest BCUT2D eigenvalue weighted by atomic mass is 9.35. The van der Waals surface area contributed by atoms with Crippen molar-refractivity contribution in [2.24, 2.45) is 34.0 Å². The van der Waals surface area contributed by atoms with Crippen LogP contribution in [0.3, 0.4) is 0 Å². The molecule has 7 rings (SSSR count). The predicted octanol–water partition coefficient (Wildman–Crippen LogP) is 2.89. The minimum atomic E-state index is -2.38. The van der Waals surface area contributed by atoms with E-state index < -0.39 is 87.8 Å². The molecule has 12 nitrogen and oxygen atoms in total. The molecule has 4 aliphatic carbocycles. The maximum Gasteiger partial charge on any atom is 0.328 e. The smallest absolute Gasteiger partial charge is 0.328 e. The van der Waals surface area contributed by atoms with Crippen LogP contribution in [0.2, 0.25) is 0 Å². The lowest BCUT2D eigenvalue weighted by Gasteiger charge is -2.74. The van der Waals surface area contributed by atoms with Crippen molar-refractivity contribution in [3.63, 3.8) is 0 Å². The summed E-state index contributed by atoms with van der Waals surface area (Å²) in [5.74, 6) is -5.93. The number of aliphatic hydroxyl groups is 3. The molecule has 1 amide bonds. The molecule has 4 saturated carbocycles. The number of hydrogen-bond acceptors (Lipinski definition) is 11. The van der Waals surface area contributed by atoms with E-state index in [4.69, 9.17) is 37.4 Å². The Balaban J connectivity index is 1.16. The number of rotatable bonds is 13. The molecule has 2 aliphatic heterocycles. The second-order valence-electron chi connectivity index (χ2n) is 15.8. The summed E-state index contributed by atoms with van der Waals surface area (Å²) in [5.41, 5.74) is -1.54. The van der Waals surface area contributed by atoms with E-state index in [9.17, 15) is 34.5 Å². The van der Waals surface area contributed by atoms with Gasteiger partial charge in [-0.1, -0.05) is 32.6 Å². The average Bonchev–Trinajstić information content (AvgIpc) is 3.22. The topological polar surface area (TPSA) is 172 Å². The number of anilines is 1. The molecule has 0 aromatic heterocycles. The van der Waals surface area contributed by atoms with Crippen LogP contribution in [0.4, 0.5) is 5.69 Å². The van der Waals surface area contributed by atoms with Crippen LogP contribution in [-0.4, -0.2) is 108 Å². The Morgan fingerprint density at radius 3 is 2.38 bits per heavy atom. The summed E-state index contributed by atoms with van der Waals surface area (Å²) in [6.45, 7) is 9.22. The van der Waals surface area contributed by atoms with Crippen molar-refractivity contribution >= 4 is 52.5 Å². The molecule has 6 fully saturated rings. The number of methoxy groups -OCH3 is 1. The number of esters is 2. The van der Waals surface area contributed by atoms with Crippen molar-refractivity contribution in [2.75, 3.05) is 43.5 Å². The molecule has 2 heterocycles. The molecule has 10 atom stereocenters. The third-order valence-electron chi connectivity index (χ3n) is 12.9. The van der Waals surface area contributed by atoms with Gasteiger partial charge in [-0.05, 0) is 60.3 Å². The van der Waals surface area contributed by atoms with E-state index in [1.54, 1.807) is 0 Å². The van der Waals surface area contributed by atoms with E-state index in [1.807, 2.05) is 43.0 Å². The molecule has 14 heteroatoms. The Morgan fingerprint density at radius 2 is 1.75 bits per heavy atom. The summed E-state index contributed by atoms with van der Waals surface area (Å²) < 4.78 is 17.0. The summed E-state index contributed by atoms with van der Waals surface area (Å²) in [6, 6.07) is 6.42. The highest BCUT2D eigenvalue weighted by molar-refractivity contribution is 6.18. The minimum Gasteiger partial charge on any atom is -0.467 e. The number of hydrogen-bond donors (Lipinski definition) is 4. The molecule has 1 aromatic rings. The van der Waals surface area contributed by atoms with Gasteiger partial charge < -0.3 is 39.7 Å². The first-order chi connectivity index (χ1) is 24.6. The molecule has 0 radical (unpaired) electrons. The van der Waals surface area contributed by atoms with Crippen molar-refractivity contribution in [3.05, 3.63) is 42.0 Å². The number of amides is 1. The molecular formula is C38H50Cl2N2O10. The number of nitrogens with zero attached hydrogens (tertiary/aromatic N) is 1. The standard InChI is InChI=1S/C38H50Cl2N2O10/c1-21-24-9-10-26-36-20-51-38(49,32(47)30(36)35(2,3)14-13-27(36)43)37(26,31(21)46)33(24)52-29(45)12-11-28(44)41-25(34(48)50-4)19-22-5-7-23(8-6-22)42(17-15-39)18-16-40/h5-8,24-27,30,32-33,43,47,49H,1,9-20H2,2-4H3,(H,41,44)/t24-,25-,26-,27-,30+,32-,33+,36+,37-,38-/m0/s1. The van der Waals surface area contributed by atoms with E-state index in [2.05, 4.69) is 11.9 Å². The van der Waals surface area contributed by atoms with Crippen LogP contribution < -0.4 is 10.2 Å². The summed E-state index contributed by atoms with van der Waals surface area (Å²) in [5, 5.41) is 38.6. The van der Waals surface area contributed by atoms with Gasteiger partial charge in [-0.15, -0.1) is 23.2 Å². The monoisotopic (exact) mass is 764 g/mol. The van der Waals surface area contributed by atoms with Crippen LogP contribution in [-0.2, 0) is 39.8 Å². The first-order valence-electron chi connectivity index (χ1n) is 18.1. The van der Waals surface area contributed by atoms with E-state index in [0.29, 0.717) is 50.5 Å². The van der Waals surface area contributed by atoms with E-state index in [1.165, 1.54) is 7.11 Å². The lowest BCUT2D eigenvalue weighted by Crippen LogP contribution is -2.85. The van der Waals surface area contributed by atoms with Crippen molar-refractivity contribution in [2.45, 2.75) is 88.9 Å². The number of carbonyl (C=O) groups excluding carboxylic acids is 4. The zero-order valence-electron chi connectivity index (χ0n) is 29.9. The van der Waals surface area contributed by atoms with E-state index in [0.717, 1.165) is 11.3 Å². The largest absolute Gasteiger partial charge is 0.467 e. The molecule has 4 bridgehead atoms. The molecular weight excluding hydrogens is 715 g/mol. The Labute approximate surface area is 314 Å². The van der Waals surface area contributed by atoms with Gasteiger partial charge in [0.15, 0.2) is 5.78 Å². The number of Topliss-reactive ketones (excluding diaryl/α,β-unsaturated/α-hetero) is 1. The number of halogens is 2. The fraction of sp³-hybridized carbons (Fsp3) is 0.684. The highest BCUT2D eigenvalue weighted by Crippen LogP contribution is 2.76. The highest BCUT2D eigenvalue weighted by atomic mass is 35.5. The Bertz CT molecular complexity index is 1580. The Kier molecular flexibility index (Phi) is 10.9. The Hall–Kier alpha value is -2.74. The summed E-state index contributed by atoms with van der Waals surface area (Å²) in [7, 11) is 1.22. The third-order valence-corrected chi connectivity index (χ3v) is 13.3. The summed E-state index contributed by atoms with van der Waals surface area (Å²) in [6.07, 6.45) is -2.32. The summed E-state index contributed by atoms with van der Waals surface area (Å²) >= 11 is 11.9. The van der Waals surface area contributed by atoms with Crippen molar-refractivity contribution in [1.82, 2.24) is 5.32 Å². The van der Waals surface area contributed by atoms with Gasteiger partial charge in [0.2, 0.25) is 11.7 Å². The number of ketones is 1. The van der Waals surface area contributed by atoms with Crippen molar-refractivity contribution in [1.29, 1.82) is 0 Å². The van der Waals surface area contributed by atoms with Crippen LogP contribution in [0.5, 0.6) is 0 Å². The molecule has 52 heavy (non-hydrogen) atoms. The zero-order valence-corrected chi connectivity index (χ0v) is 31.5. The normalized spacial score (nSPS) is 36.0. The van der Waals surface area contributed by atoms with Gasteiger partial charge in [0.1, 0.15) is 23.7 Å². The highest BCUT2D eigenvalue weighted by Gasteiger charge is 2.87. The Morgan fingerprint density at radius 1 is 1.08 bits per heavy atom. The van der Waals surface area contributed by atoms with Gasteiger partial charge >= 0.3 is 11.9 Å². The maximum absolute atomic E-state index is 14.3. The number of aliphatic hydroxyl groups excluding tert-OH is 2. The van der Waals surface area contributed by atoms with Gasteiger partial charge in [-0.25, -0.2) is 4.79 Å². The molecule has 2 saturated heterocycles. The molecule has 1 aromatic carbocycles. The van der Waals surface area contributed by atoms with Crippen LogP contribution in [0, 0.1) is 34.0 Å². The van der Waals surface area contributed by atoms with Gasteiger partial charge in [0.25, 0.3) is 0 Å². The van der Waals surface area contributed by atoms with Gasteiger partial charge in [-0.2, -0.15) is 0 Å². The molecule has 286 valence electrons. The number of alkyl halides is 2. The first kappa shape index (κ1) is 39.0. The van der Waals surface area contributed by atoms with Crippen molar-refractivity contribution in [3.8, 4) is 0 Å². The molecule has 2 spiro atoms. The lowest BCUT2D eigenvalue weighted by molar-refractivity contribution is -0.458. The summed E-state index contributed by atoms with van der Waals surface area (Å²) in [4.78, 5) is 55.7. The molecule has 4 N–H and O–H groups in total. The maximum atomic E-state index is 14.3. The van der Waals surface area contributed by atoms with E-state index >= 15 is 0 Å². The quantitative estimate of drug-likeness (QED) is 0.132. The number of benzene rings is 1. The van der Waals surface area contributed by atoms with Gasteiger partial charge in [0.05, 0.1) is 26.2 Å². The second kappa shape index (κ2) is 14.5. The van der Waals surface area contributed by atoms with Gasteiger partial charge in [0, 0.05) is 60.6 Å². The number of fused-ring (bicyclic) bond motifs is 2. The fourth-order valence-electron chi connectivity index (χ4n) is 10.7. The number of nitrogens with one attached hydrogen (secondary N) is 1. The van der Waals surface area contributed by atoms with Crippen molar-refractivity contribution < 1.29 is 48.7 Å². The zero-order chi connectivity index (χ0) is 37.8. The van der Waals surface area contributed by atoms with Gasteiger partial charge in [-0.3, -0.25) is 14.4 Å². The number of ether oxygens (including phenoxy) is 3. The van der Waals surface area contributed by atoms with Crippen LogP contribution in [0.25, 0.3) is 0 Å². The first-order valence-corrected chi connectivity index (χ1v) is 19.2. The van der Waals surface area contributed by atoms with E-state index in [-0.39, 0.29) is 31.4 Å². The van der Waals surface area contributed by atoms with Crippen LogP contribution in [0.1, 0.15) is 57.9 Å². The molecule has 0 unspecified atom stereocenters. The average molecular weight is 766 g/mol. The third kappa shape index (κ3) is 5.87. The van der Waals surface area contributed by atoms with Crippen LogP contribution in [0.15, 0.2) is 36.4 Å². The SMILES string of the molecule is C=C1C(=O)[C@]23[C@H](OC(=O)CCC(=O)N[C@@H](Cc4ccc(N(CCCl)CCCl)cc4)C(=O)OC)[C@H]1CC[C@H]2[C@@]12CO[C@@]3(O)[C@@H](O)[C@@H]1C(C)(C)CC[C@@H]2O. The predicted molar refractivity (Wildman–Crippen MR) is 192 cm³/mol. The van der Waals surface area contributed by atoms with Crippen LogP contribution >= 0.6 is 23.2 Å².